The number of piperazine rings is 1. The number of hydrogen-bond donors (Lipinski definition) is 4. The maximum Gasteiger partial charge on any atom is 0.323 e. The van der Waals surface area contributed by atoms with Gasteiger partial charge in [0.25, 0.3) is 5.91 Å². The van der Waals surface area contributed by atoms with Crippen molar-refractivity contribution < 1.29 is 28.8 Å². The molecule has 5 amide bonds. The number of benzene rings is 2. The van der Waals surface area contributed by atoms with Gasteiger partial charge >= 0.3 is 6.03 Å². The predicted octanol–water partition coefficient (Wildman–Crippen LogP) is 6.53. The highest BCUT2D eigenvalue weighted by Gasteiger charge is 2.25. The molecule has 0 radical (unpaired) electrons. The van der Waals surface area contributed by atoms with Gasteiger partial charge in [0, 0.05) is 104 Å². The van der Waals surface area contributed by atoms with Gasteiger partial charge in [-0.05, 0) is 74.2 Å². The fourth-order valence-corrected chi connectivity index (χ4v) is 6.59. The third kappa shape index (κ3) is 12.8. The molecule has 2 unspecified atom stereocenters. The summed E-state index contributed by atoms with van der Waals surface area (Å²) in [5.41, 5.74) is 4.28. The van der Waals surface area contributed by atoms with Gasteiger partial charge in [-0.15, -0.1) is 0 Å². The smallest absolute Gasteiger partial charge is 0.323 e. The van der Waals surface area contributed by atoms with Crippen molar-refractivity contribution in [2.24, 2.45) is 11.8 Å². The predicted molar refractivity (Wildman–Crippen MR) is 231 cm³/mol. The van der Waals surface area contributed by atoms with Crippen molar-refractivity contribution in [1.82, 2.24) is 25.1 Å². The number of halogens is 1. The van der Waals surface area contributed by atoms with Gasteiger partial charge < -0.3 is 20.9 Å². The number of aromatic nitrogens is 2. The number of ketones is 2. The van der Waals surface area contributed by atoms with Crippen LogP contribution in [0.15, 0.2) is 79.1 Å². The molecule has 2 saturated heterocycles. The molecule has 0 spiro atoms. The molecule has 4 heterocycles. The Labute approximate surface area is 354 Å². The zero-order valence-electron chi connectivity index (χ0n) is 34.1. The molecule has 60 heavy (non-hydrogen) atoms. The summed E-state index contributed by atoms with van der Waals surface area (Å²) in [6, 6.07) is 18.6. The molecule has 14 nitrogen and oxygen atoms in total. The van der Waals surface area contributed by atoms with Gasteiger partial charge in [0.05, 0.1) is 5.56 Å². The third-order valence-electron chi connectivity index (χ3n) is 10.1. The molecule has 4 N–H and O–H groups in total. The number of imide groups is 1. The summed E-state index contributed by atoms with van der Waals surface area (Å²) in [4.78, 5) is 84.7. The van der Waals surface area contributed by atoms with E-state index in [9.17, 15) is 28.8 Å². The molecule has 2 aromatic carbocycles. The van der Waals surface area contributed by atoms with Crippen LogP contribution >= 0.6 is 11.6 Å². The Morgan fingerprint density at radius 2 is 1.62 bits per heavy atom. The number of carbonyl (C=O) groups excluding carboxylic acids is 6. The Balaban J connectivity index is 0.000000671. The number of anilines is 3. The van der Waals surface area contributed by atoms with E-state index >= 15 is 0 Å². The lowest BCUT2D eigenvalue weighted by Crippen LogP contribution is -2.49. The summed E-state index contributed by atoms with van der Waals surface area (Å²) >= 11 is 5.88. The van der Waals surface area contributed by atoms with Crippen molar-refractivity contribution in [3.05, 3.63) is 112 Å². The second-order valence-electron chi connectivity index (χ2n) is 14.6. The number of rotatable bonds is 11. The van der Waals surface area contributed by atoms with Crippen molar-refractivity contribution in [2.75, 3.05) is 55.2 Å². The average molecular weight is 833 g/mol. The Morgan fingerprint density at radius 1 is 0.917 bits per heavy atom. The molecule has 312 valence electrons. The number of hydrogen-bond acceptors (Lipinski definition) is 10. The molecule has 4 aromatic rings. The quantitative estimate of drug-likeness (QED) is 0.0561. The van der Waals surface area contributed by atoms with Gasteiger partial charge in [-0.25, -0.2) is 14.8 Å². The first-order valence-corrected chi connectivity index (χ1v) is 20.2. The summed E-state index contributed by atoms with van der Waals surface area (Å²) in [6.07, 6.45) is 4.94. The SMILES string of the molecule is CC1CCC(=O)NC1=O.CCC(C)C(=O)c1c(NCCN2CCN(C(=O)c3cccc(C#Cc4cc(NC(=O)Nc5ccnc(Cl)c5)ccn4)c3)CC2)cccc1C(C)=O. The van der Waals surface area contributed by atoms with Crippen LogP contribution in [0.5, 0.6) is 0 Å². The molecule has 15 heteroatoms. The van der Waals surface area contributed by atoms with Crippen LogP contribution in [0.3, 0.4) is 0 Å². The van der Waals surface area contributed by atoms with Crippen molar-refractivity contribution in [2.45, 2.75) is 47.0 Å². The summed E-state index contributed by atoms with van der Waals surface area (Å²) < 4.78 is 0. The lowest BCUT2D eigenvalue weighted by atomic mass is 9.91. The highest BCUT2D eigenvalue weighted by atomic mass is 35.5. The second kappa shape index (κ2) is 21.5. The van der Waals surface area contributed by atoms with Crippen molar-refractivity contribution >= 4 is 64.0 Å². The number of nitrogens with zero attached hydrogens (tertiary/aromatic N) is 4. The summed E-state index contributed by atoms with van der Waals surface area (Å²) in [6.45, 7) is 11.1. The minimum absolute atomic E-state index is 0.0164. The topological polar surface area (TPSA) is 183 Å². The van der Waals surface area contributed by atoms with E-state index < -0.39 is 6.03 Å². The first kappa shape index (κ1) is 44.7. The van der Waals surface area contributed by atoms with Crippen LogP contribution < -0.4 is 21.3 Å². The largest absolute Gasteiger partial charge is 0.383 e. The van der Waals surface area contributed by atoms with Crippen molar-refractivity contribution in [3.8, 4) is 11.8 Å². The van der Waals surface area contributed by atoms with Gasteiger partial charge in [0.2, 0.25) is 11.8 Å². The van der Waals surface area contributed by atoms with Crippen LogP contribution in [-0.4, -0.2) is 94.4 Å². The molecule has 2 aliphatic heterocycles. The van der Waals surface area contributed by atoms with E-state index in [-0.39, 0.29) is 46.3 Å². The number of urea groups is 1. The molecule has 6 rings (SSSR count). The molecule has 2 fully saturated rings. The van der Waals surface area contributed by atoms with Crippen LogP contribution in [0, 0.1) is 23.7 Å². The highest BCUT2D eigenvalue weighted by Crippen LogP contribution is 2.25. The van der Waals surface area contributed by atoms with E-state index in [1.165, 1.54) is 19.2 Å². The highest BCUT2D eigenvalue weighted by molar-refractivity contribution is 6.29. The first-order chi connectivity index (χ1) is 28.8. The third-order valence-corrected chi connectivity index (χ3v) is 10.3. The zero-order chi connectivity index (χ0) is 43.2. The minimum atomic E-state index is -0.453. The van der Waals surface area contributed by atoms with E-state index in [1.54, 1.807) is 48.7 Å². The molecule has 0 saturated carbocycles. The number of nitrogens with one attached hydrogen (secondary N) is 4. The molecule has 2 aliphatic rings. The molecule has 0 aliphatic carbocycles. The minimum Gasteiger partial charge on any atom is -0.383 e. The first-order valence-electron chi connectivity index (χ1n) is 19.9. The fourth-order valence-electron chi connectivity index (χ4n) is 6.41. The number of Topliss-reactive ketones (excluding diaryl/α,β-unsaturated/α-hetero) is 2. The monoisotopic (exact) mass is 832 g/mol. The maximum atomic E-state index is 13.4. The zero-order valence-corrected chi connectivity index (χ0v) is 34.9. The van der Waals surface area contributed by atoms with Gasteiger partial charge in [-0.1, -0.05) is 56.5 Å². The Hall–Kier alpha value is -6.43. The van der Waals surface area contributed by atoms with Crippen LogP contribution in [0.1, 0.15) is 89.3 Å². The van der Waals surface area contributed by atoms with Crippen LogP contribution in [0.2, 0.25) is 5.15 Å². The van der Waals surface area contributed by atoms with Gasteiger partial charge in [0.1, 0.15) is 10.8 Å². The number of pyridine rings is 2. The Morgan fingerprint density at radius 3 is 2.28 bits per heavy atom. The van der Waals surface area contributed by atoms with Gasteiger partial charge in [-0.3, -0.25) is 34.2 Å². The fraction of sp³-hybridized carbons (Fsp3) is 0.333. The maximum absolute atomic E-state index is 13.4. The van der Waals surface area contributed by atoms with E-state index in [0.717, 1.165) is 6.54 Å². The standard InChI is InChI=1S/C39H40ClN7O4.C6H9NO2/c1-4-26(2)37(49)36-33(27(3)48)9-6-10-34(36)42-17-18-46-19-21-47(22-20-46)38(50)29-8-5-7-28(23-29)11-12-30-24-31(13-15-41-30)44-39(51)45-32-14-16-43-35(40)25-32;1-4-2-3-5(8)7-6(4)9/h5-10,13-16,23-26,42H,4,17-22H2,1-3H3,(H2,41,43,44,45,51);4H,2-3H2,1H3,(H,7,8,9). The van der Waals surface area contributed by atoms with Crippen molar-refractivity contribution in [3.63, 3.8) is 0 Å². The van der Waals surface area contributed by atoms with Crippen LogP contribution in [-0.2, 0) is 9.59 Å². The van der Waals surface area contributed by atoms with E-state index in [2.05, 4.69) is 48.0 Å². The number of amides is 5. The summed E-state index contributed by atoms with van der Waals surface area (Å²) in [5.74, 6) is 5.43. The van der Waals surface area contributed by atoms with E-state index in [0.29, 0.717) is 97.0 Å². The average Bonchev–Trinajstić information content (AvgIpc) is 3.24. The normalized spacial score (nSPS) is 15.6. The lowest BCUT2D eigenvalue weighted by Gasteiger charge is -2.35. The number of carbonyl (C=O) groups is 6. The van der Waals surface area contributed by atoms with Gasteiger partial charge in [-0.2, -0.15) is 0 Å². The van der Waals surface area contributed by atoms with Crippen molar-refractivity contribution in [1.29, 1.82) is 0 Å². The lowest BCUT2D eigenvalue weighted by molar-refractivity contribution is -0.135. The summed E-state index contributed by atoms with van der Waals surface area (Å²) in [5, 5.41) is 11.3. The van der Waals surface area contributed by atoms with Crippen LogP contribution in [0.4, 0.5) is 21.9 Å². The Kier molecular flexibility index (Phi) is 16.0. The van der Waals surface area contributed by atoms with E-state index in [4.69, 9.17) is 11.6 Å². The summed E-state index contributed by atoms with van der Waals surface area (Å²) in [7, 11) is 0. The van der Waals surface area contributed by atoms with Crippen LogP contribution in [0.25, 0.3) is 0 Å². The van der Waals surface area contributed by atoms with E-state index in [1.807, 2.05) is 43.9 Å². The molecule has 2 aromatic heterocycles. The molecule has 0 bridgehead atoms. The molecule has 2 atom stereocenters. The number of piperidine rings is 1. The Bertz CT molecular complexity index is 2300. The molecular weight excluding hydrogens is 784 g/mol. The molecular formula is C45H49ClN8O6. The second-order valence-corrected chi connectivity index (χ2v) is 15.0. The van der Waals surface area contributed by atoms with Gasteiger partial charge in [0.15, 0.2) is 11.6 Å².